The molecule has 0 aromatic carbocycles. The highest BCUT2D eigenvalue weighted by Crippen LogP contribution is 2.33. The maximum atomic E-state index is 5.71. The van der Waals surface area contributed by atoms with Gasteiger partial charge < -0.3 is 10.1 Å². The van der Waals surface area contributed by atoms with Crippen molar-refractivity contribution in [2.75, 3.05) is 0 Å². The van der Waals surface area contributed by atoms with Gasteiger partial charge in [-0.2, -0.15) is 0 Å². The van der Waals surface area contributed by atoms with Gasteiger partial charge in [0.15, 0.2) is 0 Å². The van der Waals surface area contributed by atoms with Crippen molar-refractivity contribution >= 4 is 0 Å². The molecule has 0 spiro atoms. The minimum absolute atomic E-state index is 0.399. The van der Waals surface area contributed by atoms with Crippen molar-refractivity contribution in [1.82, 2.24) is 5.32 Å². The van der Waals surface area contributed by atoms with Crippen LogP contribution in [0.5, 0.6) is 0 Å². The van der Waals surface area contributed by atoms with E-state index in [4.69, 9.17) is 4.74 Å². The third kappa shape index (κ3) is 2.23. The van der Waals surface area contributed by atoms with E-state index in [1.807, 2.05) is 0 Å². The summed E-state index contributed by atoms with van der Waals surface area (Å²) in [5, 5.41) is 3.70. The Morgan fingerprint density at radius 2 is 2.00 bits per heavy atom. The van der Waals surface area contributed by atoms with Gasteiger partial charge in [-0.15, -0.1) is 0 Å². The molecule has 0 radical (unpaired) electrons. The molecule has 13 heavy (non-hydrogen) atoms. The van der Waals surface area contributed by atoms with Gasteiger partial charge in [0.25, 0.3) is 0 Å². The summed E-state index contributed by atoms with van der Waals surface area (Å²) in [5.41, 5.74) is 0. The average Bonchev–Trinajstić information content (AvgIpc) is 2.81. The lowest BCUT2D eigenvalue weighted by molar-refractivity contribution is 0.0594. The van der Waals surface area contributed by atoms with Crippen molar-refractivity contribution in [3.05, 3.63) is 0 Å². The van der Waals surface area contributed by atoms with Crippen molar-refractivity contribution in [2.24, 2.45) is 5.92 Å². The molecule has 2 aliphatic rings. The Labute approximate surface area is 81.0 Å². The van der Waals surface area contributed by atoms with Crippen LogP contribution >= 0.6 is 0 Å². The van der Waals surface area contributed by atoms with Crippen molar-refractivity contribution in [3.8, 4) is 0 Å². The summed E-state index contributed by atoms with van der Waals surface area (Å²) in [6, 6.07) is 1.28. The molecule has 4 unspecified atom stereocenters. The normalized spacial score (nSPS) is 42.2. The number of hydrogen-bond donors (Lipinski definition) is 1. The first-order valence-corrected chi connectivity index (χ1v) is 5.58. The van der Waals surface area contributed by atoms with E-state index < -0.39 is 0 Å². The molecule has 1 aliphatic heterocycles. The molecule has 2 rings (SSSR count). The molecule has 2 heteroatoms. The van der Waals surface area contributed by atoms with Gasteiger partial charge in [-0.05, 0) is 46.0 Å². The fraction of sp³-hybridized carbons (Fsp3) is 1.00. The van der Waals surface area contributed by atoms with E-state index in [1.54, 1.807) is 0 Å². The summed E-state index contributed by atoms with van der Waals surface area (Å²) in [4.78, 5) is 0. The van der Waals surface area contributed by atoms with E-state index in [1.165, 1.54) is 19.3 Å². The van der Waals surface area contributed by atoms with E-state index in [2.05, 4.69) is 26.1 Å². The monoisotopic (exact) mass is 183 g/mol. The molecule has 0 aromatic rings. The molecule has 76 valence electrons. The van der Waals surface area contributed by atoms with Crippen molar-refractivity contribution in [1.29, 1.82) is 0 Å². The Bertz CT molecular complexity index is 179. The van der Waals surface area contributed by atoms with Crippen molar-refractivity contribution in [2.45, 2.75) is 64.3 Å². The van der Waals surface area contributed by atoms with Crippen LogP contribution in [0.3, 0.4) is 0 Å². The maximum Gasteiger partial charge on any atom is 0.0704 e. The van der Waals surface area contributed by atoms with E-state index in [0.717, 1.165) is 5.92 Å². The third-order valence-corrected chi connectivity index (χ3v) is 3.41. The molecular weight excluding hydrogens is 162 g/mol. The van der Waals surface area contributed by atoms with Crippen LogP contribution in [0.1, 0.15) is 40.0 Å². The standard InChI is InChI=1S/C11H21NO/c1-7-6-11(9(3)13-7)12-8(2)10-4-5-10/h7-12H,4-6H2,1-3H3. The van der Waals surface area contributed by atoms with Crippen LogP contribution in [0, 0.1) is 5.92 Å². The van der Waals surface area contributed by atoms with Gasteiger partial charge in [0, 0.05) is 12.1 Å². The minimum atomic E-state index is 0.399. The number of ether oxygens (including phenoxy) is 1. The van der Waals surface area contributed by atoms with Crippen LogP contribution in [-0.4, -0.2) is 24.3 Å². The zero-order valence-corrected chi connectivity index (χ0v) is 8.92. The second-order valence-corrected chi connectivity index (χ2v) is 4.79. The molecule has 1 N–H and O–H groups in total. The smallest absolute Gasteiger partial charge is 0.0704 e. The van der Waals surface area contributed by atoms with Gasteiger partial charge in [-0.1, -0.05) is 0 Å². The molecule has 1 heterocycles. The van der Waals surface area contributed by atoms with Crippen LogP contribution in [0.15, 0.2) is 0 Å². The first kappa shape index (κ1) is 9.47. The van der Waals surface area contributed by atoms with Crippen LogP contribution in [0.25, 0.3) is 0 Å². The zero-order chi connectivity index (χ0) is 9.42. The lowest BCUT2D eigenvalue weighted by atomic mass is 10.1. The summed E-state index contributed by atoms with van der Waals surface area (Å²) >= 11 is 0. The van der Waals surface area contributed by atoms with Gasteiger partial charge >= 0.3 is 0 Å². The molecule has 0 amide bonds. The fourth-order valence-corrected chi connectivity index (χ4v) is 2.34. The van der Waals surface area contributed by atoms with Crippen LogP contribution in [0.2, 0.25) is 0 Å². The van der Waals surface area contributed by atoms with Crippen molar-refractivity contribution < 1.29 is 4.74 Å². The third-order valence-electron chi connectivity index (χ3n) is 3.41. The molecular formula is C11H21NO. The van der Waals surface area contributed by atoms with Crippen molar-refractivity contribution in [3.63, 3.8) is 0 Å². The zero-order valence-electron chi connectivity index (χ0n) is 8.92. The Morgan fingerprint density at radius 1 is 1.31 bits per heavy atom. The van der Waals surface area contributed by atoms with Gasteiger partial charge in [0.2, 0.25) is 0 Å². The van der Waals surface area contributed by atoms with Gasteiger partial charge in [0.05, 0.1) is 12.2 Å². The topological polar surface area (TPSA) is 21.3 Å². The molecule has 1 aliphatic carbocycles. The Balaban J connectivity index is 1.79. The molecule has 1 saturated heterocycles. The quantitative estimate of drug-likeness (QED) is 0.722. The number of hydrogen-bond acceptors (Lipinski definition) is 2. The Morgan fingerprint density at radius 3 is 2.46 bits per heavy atom. The fourth-order valence-electron chi connectivity index (χ4n) is 2.34. The molecule has 0 bridgehead atoms. The molecule has 2 fully saturated rings. The molecule has 0 aromatic heterocycles. The Hall–Kier alpha value is -0.0800. The number of nitrogens with one attached hydrogen (secondary N) is 1. The minimum Gasteiger partial charge on any atom is -0.374 e. The molecule has 4 atom stereocenters. The highest BCUT2D eigenvalue weighted by atomic mass is 16.5. The molecule has 2 nitrogen and oxygen atoms in total. The average molecular weight is 183 g/mol. The summed E-state index contributed by atoms with van der Waals surface area (Å²) in [5.74, 6) is 0.947. The lowest BCUT2D eigenvalue weighted by Crippen LogP contribution is -2.41. The van der Waals surface area contributed by atoms with E-state index in [-0.39, 0.29) is 0 Å². The highest BCUT2D eigenvalue weighted by Gasteiger charge is 2.34. The van der Waals surface area contributed by atoms with Gasteiger partial charge in [-0.25, -0.2) is 0 Å². The second-order valence-electron chi connectivity index (χ2n) is 4.79. The van der Waals surface area contributed by atoms with E-state index in [0.29, 0.717) is 24.3 Å². The largest absolute Gasteiger partial charge is 0.374 e. The highest BCUT2D eigenvalue weighted by molar-refractivity contribution is 4.90. The van der Waals surface area contributed by atoms with Crippen LogP contribution in [0.4, 0.5) is 0 Å². The predicted molar refractivity (Wildman–Crippen MR) is 53.7 cm³/mol. The Kier molecular flexibility index (Phi) is 2.61. The van der Waals surface area contributed by atoms with E-state index >= 15 is 0 Å². The maximum absolute atomic E-state index is 5.71. The number of rotatable bonds is 3. The predicted octanol–water partition coefficient (Wildman–Crippen LogP) is 1.94. The first-order chi connectivity index (χ1) is 6.16. The van der Waals surface area contributed by atoms with Crippen LogP contribution in [-0.2, 0) is 4.74 Å². The summed E-state index contributed by atoms with van der Waals surface area (Å²) in [6.07, 6.45) is 4.87. The summed E-state index contributed by atoms with van der Waals surface area (Å²) in [7, 11) is 0. The van der Waals surface area contributed by atoms with Gasteiger partial charge in [-0.3, -0.25) is 0 Å². The lowest BCUT2D eigenvalue weighted by Gasteiger charge is -2.21. The van der Waals surface area contributed by atoms with E-state index in [9.17, 15) is 0 Å². The second kappa shape index (κ2) is 3.58. The summed E-state index contributed by atoms with van der Waals surface area (Å²) < 4.78 is 5.71. The molecule has 1 saturated carbocycles. The summed E-state index contributed by atoms with van der Waals surface area (Å²) in [6.45, 7) is 6.66. The van der Waals surface area contributed by atoms with Gasteiger partial charge in [0.1, 0.15) is 0 Å². The van der Waals surface area contributed by atoms with Crippen LogP contribution < -0.4 is 5.32 Å². The first-order valence-electron chi connectivity index (χ1n) is 5.58. The SMILES string of the molecule is CC1CC(NC(C)C2CC2)C(C)O1.